The zero-order valence-electron chi connectivity index (χ0n) is 12.1. The number of carbonyl (C=O) groups is 1. The first-order chi connectivity index (χ1) is 9.61. The van der Waals surface area contributed by atoms with E-state index in [1.807, 2.05) is 11.0 Å². The van der Waals surface area contributed by atoms with E-state index in [2.05, 4.69) is 0 Å². The van der Waals surface area contributed by atoms with Crippen LogP contribution >= 0.6 is 12.4 Å². The predicted molar refractivity (Wildman–Crippen MR) is 81.9 cm³/mol. The number of rotatable bonds is 5. The van der Waals surface area contributed by atoms with Crippen LogP contribution in [-0.4, -0.2) is 43.2 Å². The van der Waals surface area contributed by atoms with E-state index in [9.17, 15) is 9.18 Å². The Bertz CT molecular complexity index is 473. The molecule has 0 aromatic heterocycles. The third-order valence-corrected chi connectivity index (χ3v) is 3.68. The Morgan fingerprint density at radius 2 is 2.33 bits per heavy atom. The van der Waals surface area contributed by atoms with Crippen molar-refractivity contribution in [3.63, 3.8) is 0 Å². The summed E-state index contributed by atoms with van der Waals surface area (Å²) in [5.41, 5.74) is 6.72. The van der Waals surface area contributed by atoms with Crippen LogP contribution in [-0.2, 0) is 16.0 Å². The summed E-state index contributed by atoms with van der Waals surface area (Å²) in [5, 5.41) is 0. The molecule has 4 nitrogen and oxygen atoms in total. The van der Waals surface area contributed by atoms with Gasteiger partial charge in [-0.25, -0.2) is 4.39 Å². The molecule has 1 heterocycles. The van der Waals surface area contributed by atoms with Crippen molar-refractivity contribution >= 4 is 18.3 Å². The number of ether oxygens (including phenoxy) is 1. The minimum absolute atomic E-state index is 0. The molecule has 1 aliphatic heterocycles. The van der Waals surface area contributed by atoms with Gasteiger partial charge in [-0.2, -0.15) is 0 Å². The Balaban J connectivity index is 0.00000220. The second-order valence-electron chi connectivity index (χ2n) is 5.22. The van der Waals surface area contributed by atoms with Crippen LogP contribution in [0.1, 0.15) is 18.4 Å². The highest BCUT2D eigenvalue weighted by Crippen LogP contribution is 2.22. The minimum Gasteiger partial charge on any atom is -0.383 e. The molecule has 1 saturated heterocycles. The molecular weight excluding hydrogens is 295 g/mol. The van der Waals surface area contributed by atoms with Crippen molar-refractivity contribution in [1.29, 1.82) is 0 Å². The van der Waals surface area contributed by atoms with Gasteiger partial charge in [0, 0.05) is 19.7 Å². The number of halogens is 2. The lowest BCUT2D eigenvalue weighted by atomic mass is 10.0. The van der Waals surface area contributed by atoms with Gasteiger partial charge in [0.15, 0.2) is 0 Å². The van der Waals surface area contributed by atoms with Crippen molar-refractivity contribution in [2.24, 2.45) is 5.73 Å². The van der Waals surface area contributed by atoms with Gasteiger partial charge in [0.25, 0.3) is 0 Å². The maximum Gasteiger partial charge on any atom is 0.242 e. The van der Waals surface area contributed by atoms with E-state index >= 15 is 0 Å². The molecule has 2 atom stereocenters. The van der Waals surface area contributed by atoms with Crippen LogP contribution < -0.4 is 5.73 Å². The first-order valence-electron chi connectivity index (χ1n) is 6.91. The zero-order valence-corrected chi connectivity index (χ0v) is 12.9. The van der Waals surface area contributed by atoms with Crippen molar-refractivity contribution in [1.82, 2.24) is 4.90 Å². The van der Waals surface area contributed by atoms with Crippen LogP contribution in [0.3, 0.4) is 0 Å². The van der Waals surface area contributed by atoms with Crippen molar-refractivity contribution in [2.75, 3.05) is 20.3 Å². The van der Waals surface area contributed by atoms with Gasteiger partial charge in [-0.1, -0.05) is 12.1 Å². The number of likely N-dealkylation sites (tertiary alicyclic amines) is 1. The topological polar surface area (TPSA) is 55.6 Å². The van der Waals surface area contributed by atoms with Crippen LogP contribution in [0.2, 0.25) is 0 Å². The van der Waals surface area contributed by atoms with Gasteiger partial charge in [0.05, 0.1) is 6.61 Å². The summed E-state index contributed by atoms with van der Waals surface area (Å²) in [7, 11) is 1.53. The maximum absolute atomic E-state index is 13.2. The Morgan fingerprint density at radius 1 is 1.57 bits per heavy atom. The molecule has 2 N–H and O–H groups in total. The predicted octanol–water partition coefficient (Wildman–Crippen LogP) is 1.75. The Labute approximate surface area is 130 Å². The quantitative estimate of drug-likeness (QED) is 0.900. The molecule has 0 bridgehead atoms. The number of nitrogens with zero attached hydrogens (tertiary/aromatic N) is 1. The monoisotopic (exact) mass is 316 g/mol. The molecule has 6 heteroatoms. The van der Waals surface area contributed by atoms with Gasteiger partial charge in [0.2, 0.25) is 5.91 Å². The van der Waals surface area contributed by atoms with Crippen LogP contribution in [0.15, 0.2) is 24.3 Å². The van der Waals surface area contributed by atoms with E-state index in [0.29, 0.717) is 6.42 Å². The van der Waals surface area contributed by atoms with E-state index in [1.54, 1.807) is 6.07 Å². The molecular formula is C15H22ClFN2O2. The van der Waals surface area contributed by atoms with Gasteiger partial charge in [0.1, 0.15) is 11.9 Å². The molecule has 0 radical (unpaired) electrons. The largest absolute Gasteiger partial charge is 0.383 e. The summed E-state index contributed by atoms with van der Waals surface area (Å²) >= 11 is 0. The number of methoxy groups -OCH3 is 1. The molecule has 21 heavy (non-hydrogen) atoms. The van der Waals surface area contributed by atoms with Gasteiger partial charge >= 0.3 is 0 Å². The Morgan fingerprint density at radius 3 is 3.00 bits per heavy atom. The molecule has 0 aliphatic carbocycles. The zero-order chi connectivity index (χ0) is 14.5. The van der Waals surface area contributed by atoms with Gasteiger partial charge in [-0.15, -0.1) is 12.4 Å². The highest BCUT2D eigenvalue weighted by Gasteiger charge is 2.31. The summed E-state index contributed by atoms with van der Waals surface area (Å²) in [5.74, 6) is -0.319. The van der Waals surface area contributed by atoms with Crippen LogP contribution in [0.25, 0.3) is 0 Å². The summed E-state index contributed by atoms with van der Waals surface area (Å²) in [6, 6.07) is 6.02. The lowest BCUT2D eigenvalue weighted by molar-refractivity contribution is -0.134. The smallest absolute Gasteiger partial charge is 0.242 e. The molecule has 1 aliphatic rings. The average Bonchev–Trinajstić information content (AvgIpc) is 2.86. The molecule has 118 valence electrons. The molecule has 2 rings (SSSR count). The number of carbonyl (C=O) groups excluding carboxylic acids is 1. The van der Waals surface area contributed by atoms with E-state index < -0.39 is 6.04 Å². The summed E-state index contributed by atoms with van der Waals surface area (Å²) in [6.07, 6.45) is 2.57. The third-order valence-electron chi connectivity index (χ3n) is 3.68. The lowest BCUT2D eigenvalue weighted by Gasteiger charge is -2.27. The van der Waals surface area contributed by atoms with Crippen molar-refractivity contribution < 1.29 is 13.9 Å². The van der Waals surface area contributed by atoms with E-state index in [-0.39, 0.29) is 36.8 Å². The second-order valence-corrected chi connectivity index (χ2v) is 5.22. The van der Waals surface area contributed by atoms with Crippen molar-refractivity contribution in [3.05, 3.63) is 35.6 Å². The summed E-state index contributed by atoms with van der Waals surface area (Å²) in [6.45, 7) is 0.943. The van der Waals surface area contributed by atoms with E-state index in [1.165, 1.54) is 19.2 Å². The van der Waals surface area contributed by atoms with Gasteiger partial charge < -0.3 is 15.4 Å². The molecule has 0 saturated carbocycles. The Hall–Kier alpha value is -1.17. The normalized spacial score (nSPS) is 19.2. The molecule has 1 aromatic carbocycles. The van der Waals surface area contributed by atoms with Crippen LogP contribution in [0.5, 0.6) is 0 Å². The second kappa shape index (κ2) is 8.32. The fourth-order valence-electron chi connectivity index (χ4n) is 2.74. The van der Waals surface area contributed by atoms with Crippen LogP contribution in [0, 0.1) is 5.82 Å². The number of nitrogens with two attached hydrogens (primary N) is 1. The fraction of sp³-hybridized carbons (Fsp3) is 0.533. The number of hydrogen-bond donors (Lipinski definition) is 1. The number of hydrogen-bond acceptors (Lipinski definition) is 3. The minimum atomic E-state index is -0.617. The molecule has 1 aromatic rings. The average molecular weight is 317 g/mol. The highest BCUT2D eigenvalue weighted by molar-refractivity contribution is 5.85. The SMILES string of the molecule is COCC(N)C(=O)N1CCCC1Cc1cccc(F)c1.Cl. The summed E-state index contributed by atoms with van der Waals surface area (Å²) in [4.78, 5) is 14.1. The van der Waals surface area contributed by atoms with Gasteiger partial charge in [-0.3, -0.25) is 4.79 Å². The summed E-state index contributed by atoms with van der Waals surface area (Å²) < 4.78 is 18.1. The first-order valence-corrected chi connectivity index (χ1v) is 6.91. The Kier molecular flexibility index (Phi) is 7.08. The van der Waals surface area contributed by atoms with Crippen molar-refractivity contribution in [2.45, 2.75) is 31.3 Å². The maximum atomic E-state index is 13.2. The third kappa shape index (κ3) is 4.66. The molecule has 1 fully saturated rings. The first kappa shape index (κ1) is 17.9. The van der Waals surface area contributed by atoms with E-state index in [4.69, 9.17) is 10.5 Å². The molecule has 0 spiro atoms. The highest BCUT2D eigenvalue weighted by atomic mass is 35.5. The fourth-order valence-corrected chi connectivity index (χ4v) is 2.74. The number of benzene rings is 1. The van der Waals surface area contributed by atoms with Crippen molar-refractivity contribution in [3.8, 4) is 0 Å². The standard InChI is InChI=1S/C15H21FN2O2.ClH/c1-20-10-14(17)15(19)18-7-3-6-13(18)9-11-4-2-5-12(16)8-11;/h2,4-5,8,13-14H,3,6-7,9-10,17H2,1H3;1H. The lowest BCUT2D eigenvalue weighted by Crippen LogP contribution is -2.48. The number of amides is 1. The molecule has 1 amide bonds. The van der Waals surface area contributed by atoms with Gasteiger partial charge in [-0.05, 0) is 37.0 Å². The van der Waals surface area contributed by atoms with Crippen LogP contribution in [0.4, 0.5) is 4.39 Å². The van der Waals surface area contributed by atoms with E-state index in [0.717, 1.165) is 24.9 Å². The molecule has 2 unspecified atom stereocenters.